The minimum absolute atomic E-state index is 0.0451. The van der Waals surface area contributed by atoms with Gasteiger partial charge in [-0.05, 0) is 24.3 Å². The summed E-state index contributed by atoms with van der Waals surface area (Å²) in [7, 11) is 0. The average Bonchev–Trinajstić information content (AvgIpc) is 2.92. The fraction of sp³-hybridized carbons (Fsp3) is 0.0625. The monoisotopic (exact) mass is 355 g/mol. The fourth-order valence-corrected chi connectivity index (χ4v) is 3.32. The highest BCUT2D eigenvalue weighted by atomic mass is 35.5. The topological polar surface area (TPSA) is 29.1 Å². The Kier molecular flexibility index (Phi) is 4.04. The van der Waals surface area contributed by atoms with Gasteiger partial charge in [-0.2, -0.15) is 13.2 Å². The molecule has 2 nitrogen and oxygen atoms in total. The molecule has 1 N–H and O–H groups in total. The van der Waals surface area contributed by atoms with E-state index in [9.17, 15) is 18.0 Å². The van der Waals surface area contributed by atoms with Gasteiger partial charge < -0.3 is 5.32 Å². The van der Waals surface area contributed by atoms with Gasteiger partial charge in [-0.25, -0.2) is 0 Å². The number of halogens is 4. The second kappa shape index (κ2) is 5.86. The number of alkyl halides is 3. The van der Waals surface area contributed by atoms with Crippen LogP contribution >= 0.6 is 22.9 Å². The van der Waals surface area contributed by atoms with E-state index in [1.165, 1.54) is 17.4 Å². The van der Waals surface area contributed by atoms with Crippen molar-refractivity contribution in [2.24, 2.45) is 0 Å². The lowest BCUT2D eigenvalue weighted by Crippen LogP contribution is -2.16. The molecule has 118 valence electrons. The Morgan fingerprint density at radius 1 is 1.13 bits per heavy atom. The average molecular weight is 356 g/mol. The number of benzene rings is 2. The van der Waals surface area contributed by atoms with Gasteiger partial charge in [0.15, 0.2) is 0 Å². The van der Waals surface area contributed by atoms with E-state index in [-0.39, 0.29) is 10.7 Å². The van der Waals surface area contributed by atoms with Crippen LogP contribution in [0.2, 0.25) is 5.02 Å². The summed E-state index contributed by atoms with van der Waals surface area (Å²) in [6.45, 7) is 0. The molecule has 0 aliphatic carbocycles. The Balaban J connectivity index is 1.98. The van der Waals surface area contributed by atoms with Crippen molar-refractivity contribution in [3.63, 3.8) is 0 Å². The summed E-state index contributed by atoms with van der Waals surface area (Å²) in [5.41, 5.74) is -0.950. The third-order valence-corrected chi connectivity index (χ3v) is 4.46. The van der Waals surface area contributed by atoms with Crippen molar-refractivity contribution in [3.05, 3.63) is 64.0 Å². The number of thiophene rings is 1. The van der Waals surface area contributed by atoms with E-state index in [0.29, 0.717) is 10.9 Å². The van der Waals surface area contributed by atoms with Crippen molar-refractivity contribution >= 4 is 44.6 Å². The lowest BCUT2D eigenvalue weighted by Gasteiger charge is -2.14. The number of carbonyl (C=O) groups is 1. The van der Waals surface area contributed by atoms with Crippen LogP contribution in [-0.4, -0.2) is 5.91 Å². The number of nitrogens with one attached hydrogen (secondary N) is 1. The summed E-state index contributed by atoms with van der Waals surface area (Å²) in [4.78, 5) is 12.3. The van der Waals surface area contributed by atoms with Crippen LogP contribution in [0.15, 0.2) is 47.8 Å². The lowest BCUT2D eigenvalue weighted by atomic mass is 10.1. The molecule has 0 spiro atoms. The first-order chi connectivity index (χ1) is 10.9. The Hall–Kier alpha value is -2.05. The largest absolute Gasteiger partial charge is 0.418 e. The van der Waals surface area contributed by atoms with Crippen LogP contribution in [0.4, 0.5) is 18.9 Å². The summed E-state index contributed by atoms with van der Waals surface area (Å²) in [6.07, 6.45) is -4.61. The lowest BCUT2D eigenvalue weighted by molar-refractivity contribution is -0.136. The molecule has 3 rings (SSSR count). The Morgan fingerprint density at radius 3 is 2.61 bits per heavy atom. The van der Waals surface area contributed by atoms with Gasteiger partial charge in [0, 0.05) is 20.5 Å². The standard InChI is InChI=1S/C16H9ClF3NOS/c17-9-5-6-13(12(7-9)16(18,19)20)21-15(22)11-8-23-14-4-2-1-3-10(11)14/h1-8H,(H,21,22). The number of carbonyl (C=O) groups excluding carboxylic acids is 1. The van der Waals surface area contributed by atoms with E-state index in [0.717, 1.165) is 16.8 Å². The molecule has 0 atom stereocenters. The second-order valence-corrected chi connectivity index (χ2v) is 6.13. The molecule has 23 heavy (non-hydrogen) atoms. The molecule has 0 saturated heterocycles. The summed E-state index contributed by atoms with van der Waals surface area (Å²) < 4.78 is 40.1. The van der Waals surface area contributed by atoms with Crippen molar-refractivity contribution in [1.29, 1.82) is 0 Å². The summed E-state index contributed by atoms with van der Waals surface area (Å²) >= 11 is 6.99. The molecule has 0 saturated carbocycles. The minimum atomic E-state index is -4.61. The van der Waals surface area contributed by atoms with E-state index in [4.69, 9.17) is 11.6 Å². The Bertz CT molecular complexity index is 888. The molecule has 7 heteroatoms. The maximum atomic E-state index is 13.1. The Labute approximate surface area is 138 Å². The van der Waals surface area contributed by atoms with E-state index in [1.54, 1.807) is 17.5 Å². The fourth-order valence-electron chi connectivity index (χ4n) is 2.20. The molecule has 0 radical (unpaired) electrons. The van der Waals surface area contributed by atoms with Crippen LogP contribution in [0, 0.1) is 0 Å². The van der Waals surface area contributed by atoms with Crippen molar-refractivity contribution in [2.75, 3.05) is 5.32 Å². The van der Waals surface area contributed by atoms with Crippen LogP contribution in [0.25, 0.3) is 10.1 Å². The Morgan fingerprint density at radius 2 is 1.87 bits per heavy atom. The van der Waals surface area contributed by atoms with Crippen molar-refractivity contribution in [3.8, 4) is 0 Å². The minimum Gasteiger partial charge on any atom is -0.321 e. The molecule has 1 amide bonds. The molecule has 0 unspecified atom stereocenters. The van der Waals surface area contributed by atoms with E-state index >= 15 is 0 Å². The normalized spacial score (nSPS) is 11.7. The number of hydrogen-bond acceptors (Lipinski definition) is 2. The number of amides is 1. The van der Waals surface area contributed by atoms with Gasteiger partial charge in [-0.1, -0.05) is 29.8 Å². The first-order valence-corrected chi connectivity index (χ1v) is 7.76. The maximum absolute atomic E-state index is 13.1. The van der Waals surface area contributed by atoms with Crippen LogP contribution in [-0.2, 0) is 6.18 Å². The highest BCUT2D eigenvalue weighted by Crippen LogP contribution is 2.37. The zero-order chi connectivity index (χ0) is 16.6. The highest BCUT2D eigenvalue weighted by molar-refractivity contribution is 7.17. The zero-order valence-corrected chi connectivity index (χ0v) is 13.0. The van der Waals surface area contributed by atoms with E-state index in [2.05, 4.69) is 5.32 Å². The van der Waals surface area contributed by atoms with Crippen LogP contribution in [0.1, 0.15) is 15.9 Å². The predicted octanol–water partition coefficient (Wildman–Crippen LogP) is 5.83. The molecule has 0 fully saturated rings. The van der Waals surface area contributed by atoms with Crippen LogP contribution < -0.4 is 5.32 Å². The molecule has 0 aliphatic rings. The third-order valence-electron chi connectivity index (χ3n) is 3.26. The molecular formula is C16H9ClF3NOS. The number of rotatable bonds is 2. The SMILES string of the molecule is O=C(Nc1ccc(Cl)cc1C(F)(F)F)c1csc2ccccc12. The van der Waals surface area contributed by atoms with E-state index < -0.39 is 17.6 Å². The first kappa shape index (κ1) is 15.8. The van der Waals surface area contributed by atoms with Gasteiger partial charge in [0.25, 0.3) is 5.91 Å². The predicted molar refractivity (Wildman–Crippen MR) is 86.2 cm³/mol. The van der Waals surface area contributed by atoms with Gasteiger partial charge in [-0.15, -0.1) is 11.3 Å². The van der Waals surface area contributed by atoms with Gasteiger partial charge >= 0.3 is 6.18 Å². The van der Waals surface area contributed by atoms with Crippen molar-refractivity contribution in [2.45, 2.75) is 6.18 Å². The van der Waals surface area contributed by atoms with Crippen molar-refractivity contribution < 1.29 is 18.0 Å². The molecule has 3 aromatic rings. The van der Waals surface area contributed by atoms with Gasteiger partial charge in [0.1, 0.15) is 0 Å². The zero-order valence-electron chi connectivity index (χ0n) is 11.4. The molecule has 2 aromatic carbocycles. The molecule has 1 aromatic heterocycles. The van der Waals surface area contributed by atoms with Gasteiger partial charge in [-0.3, -0.25) is 4.79 Å². The van der Waals surface area contributed by atoms with E-state index in [1.807, 2.05) is 12.1 Å². The third kappa shape index (κ3) is 3.18. The summed E-state index contributed by atoms with van der Waals surface area (Å²) in [5.74, 6) is -0.588. The number of fused-ring (bicyclic) bond motifs is 1. The maximum Gasteiger partial charge on any atom is 0.418 e. The second-order valence-electron chi connectivity index (χ2n) is 4.79. The smallest absolute Gasteiger partial charge is 0.321 e. The quantitative estimate of drug-likeness (QED) is 0.616. The van der Waals surface area contributed by atoms with Crippen LogP contribution in [0.3, 0.4) is 0 Å². The van der Waals surface area contributed by atoms with Crippen molar-refractivity contribution in [1.82, 2.24) is 0 Å². The number of hydrogen-bond donors (Lipinski definition) is 1. The molecular weight excluding hydrogens is 347 g/mol. The van der Waals surface area contributed by atoms with Gasteiger partial charge in [0.05, 0.1) is 16.8 Å². The molecule has 0 bridgehead atoms. The molecule has 0 aliphatic heterocycles. The summed E-state index contributed by atoms with van der Waals surface area (Å²) in [6, 6.07) is 10.5. The number of anilines is 1. The summed E-state index contributed by atoms with van der Waals surface area (Å²) in [5, 5.41) is 4.62. The first-order valence-electron chi connectivity index (χ1n) is 6.50. The van der Waals surface area contributed by atoms with Crippen LogP contribution in [0.5, 0.6) is 0 Å². The van der Waals surface area contributed by atoms with Gasteiger partial charge in [0.2, 0.25) is 0 Å². The highest BCUT2D eigenvalue weighted by Gasteiger charge is 2.34. The molecule has 1 heterocycles.